The summed E-state index contributed by atoms with van der Waals surface area (Å²) in [6, 6.07) is 0.441. The van der Waals surface area contributed by atoms with Crippen LogP contribution in [0.3, 0.4) is 0 Å². The van der Waals surface area contributed by atoms with E-state index >= 15 is 0 Å². The molecule has 0 spiro atoms. The maximum atomic E-state index is 11.3. The van der Waals surface area contributed by atoms with E-state index in [0.29, 0.717) is 12.6 Å². The molecule has 16 heavy (non-hydrogen) atoms. The molecule has 1 aromatic heterocycles. The van der Waals surface area contributed by atoms with Gasteiger partial charge in [-0.15, -0.1) is 0 Å². The van der Waals surface area contributed by atoms with Crippen molar-refractivity contribution in [3.63, 3.8) is 0 Å². The van der Waals surface area contributed by atoms with E-state index in [4.69, 9.17) is 13.9 Å². The van der Waals surface area contributed by atoms with Crippen molar-refractivity contribution in [2.24, 2.45) is 0 Å². The van der Waals surface area contributed by atoms with Crippen molar-refractivity contribution in [2.45, 2.75) is 13.0 Å². The second-order valence-corrected chi connectivity index (χ2v) is 3.50. The molecule has 0 N–H and O–H groups in total. The summed E-state index contributed by atoms with van der Waals surface area (Å²) in [5.74, 6) is -0.457. The zero-order valence-corrected chi connectivity index (χ0v) is 9.30. The highest BCUT2D eigenvalue weighted by molar-refractivity contribution is 5.87. The molecule has 0 saturated carbocycles. The van der Waals surface area contributed by atoms with Crippen molar-refractivity contribution in [1.82, 2.24) is 4.98 Å². The van der Waals surface area contributed by atoms with Crippen molar-refractivity contribution in [1.29, 1.82) is 0 Å². The Morgan fingerprint density at radius 2 is 2.44 bits per heavy atom. The van der Waals surface area contributed by atoms with E-state index in [1.54, 1.807) is 14.0 Å². The summed E-state index contributed by atoms with van der Waals surface area (Å²) in [7, 11) is 1.67. The van der Waals surface area contributed by atoms with Crippen LogP contribution in [0.5, 0.6) is 0 Å². The van der Waals surface area contributed by atoms with E-state index in [0.717, 1.165) is 13.1 Å². The van der Waals surface area contributed by atoms with Gasteiger partial charge in [0.15, 0.2) is 5.69 Å². The Labute approximate surface area is 93.1 Å². The molecule has 0 bridgehead atoms. The maximum absolute atomic E-state index is 11.3. The van der Waals surface area contributed by atoms with E-state index in [-0.39, 0.29) is 11.8 Å². The summed E-state index contributed by atoms with van der Waals surface area (Å²) in [6.07, 6.45) is 1.53. The van der Waals surface area contributed by atoms with Crippen LogP contribution in [0.2, 0.25) is 0 Å². The summed E-state index contributed by atoms with van der Waals surface area (Å²) < 4.78 is 15.1. The summed E-state index contributed by atoms with van der Waals surface area (Å²) in [6.45, 7) is 3.55. The molecule has 1 fully saturated rings. The zero-order valence-electron chi connectivity index (χ0n) is 9.30. The molecule has 1 aliphatic heterocycles. The van der Waals surface area contributed by atoms with Gasteiger partial charge in [-0.05, 0) is 6.92 Å². The first kappa shape index (κ1) is 10.9. The first-order valence-electron chi connectivity index (χ1n) is 5.15. The van der Waals surface area contributed by atoms with Crippen LogP contribution < -0.4 is 4.90 Å². The number of rotatable bonds is 4. The number of aromatic nitrogens is 1. The van der Waals surface area contributed by atoms with Gasteiger partial charge >= 0.3 is 5.97 Å². The Hall–Kier alpha value is -1.56. The molecule has 0 radical (unpaired) electrons. The molecule has 6 heteroatoms. The molecule has 0 unspecified atom stereocenters. The van der Waals surface area contributed by atoms with Crippen LogP contribution in [-0.4, -0.2) is 43.9 Å². The highest BCUT2D eigenvalue weighted by atomic mass is 16.5. The molecular weight excluding hydrogens is 212 g/mol. The number of hydrogen-bond donors (Lipinski definition) is 0. The second-order valence-electron chi connectivity index (χ2n) is 3.50. The maximum Gasteiger partial charge on any atom is 0.360 e. The van der Waals surface area contributed by atoms with Crippen LogP contribution in [-0.2, 0) is 9.47 Å². The standard InChI is InChI=1S/C10H14N2O4/c1-3-15-9(13)8-6-16-10(11-8)12-4-7(5-12)14-2/h6-7H,3-5H2,1-2H3. The number of carbonyl (C=O) groups is 1. The van der Waals surface area contributed by atoms with Crippen LogP contribution in [0.4, 0.5) is 6.01 Å². The number of esters is 1. The lowest BCUT2D eigenvalue weighted by atomic mass is 10.2. The van der Waals surface area contributed by atoms with Crippen molar-refractivity contribution in [2.75, 3.05) is 31.7 Å². The summed E-state index contributed by atoms with van der Waals surface area (Å²) in [4.78, 5) is 17.3. The van der Waals surface area contributed by atoms with Crippen molar-refractivity contribution in [3.05, 3.63) is 12.0 Å². The Bertz CT molecular complexity index is 371. The van der Waals surface area contributed by atoms with E-state index in [2.05, 4.69) is 4.98 Å². The van der Waals surface area contributed by atoms with Crippen molar-refractivity contribution in [3.8, 4) is 0 Å². The first-order valence-corrected chi connectivity index (χ1v) is 5.15. The van der Waals surface area contributed by atoms with Gasteiger partial charge in [0.1, 0.15) is 6.26 Å². The molecular formula is C10H14N2O4. The van der Waals surface area contributed by atoms with Crippen LogP contribution in [0.1, 0.15) is 17.4 Å². The normalized spacial score (nSPS) is 16.0. The topological polar surface area (TPSA) is 64.8 Å². The highest BCUT2D eigenvalue weighted by Gasteiger charge is 2.30. The Balaban J connectivity index is 1.95. The zero-order chi connectivity index (χ0) is 11.5. The number of nitrogens with zero attached hydrogens (tertiary/aromatic N) is 2. The van der Waals surface area contributed by atoms with Gasteiger partial charge in [0.05, 0.1) is 25.8 Å². The second kappa shape index (κ2) is 4.52. The third kappa shape index (κ3) is 2.01. The molecule has 0 aliphatic carbocycles. The minimum Gasteiger partial charge on any atom is -0.461 e. The minimum absolute atomic E-state index is 0.206. The van der Waals surface area contributed by atoms with Gasteiger partial charge in [0, 0.05) is 7.11 Å². The van der Waals surface area contributed by atoms with Crippen LogP contribution in [0.15, 0.2) is 10.7 Å². The lowest BCUT2D eigenvalue weighted by Crippen LogP contribution is -2.52. The molecule has 0 atom stereocenters. The van der Waals surface area contributed by atoms with E-state index < -0.39 is 5.97 Å². The molecule has 88 valence electrons. The van der Waals surface area contributed by atoms with Gasteiger partial charge in [-0.2, -0.15) is 4.98 Å². The van der Waals surface area contributed by atoms with Gasteiger partial charge in [-0.1, -0.05) is 0 Å². The fraction of sp³-hybridized carbons (Fsp3) is 0.600. The van der Waals surface area contributed by atoms with Gasteiger partial charge in [-0.25, -0.2) is 4.79 Å². The molecule has 2 heterocycles. The number of anilines is 1. The monoisotopic (exact) mass is 226 g/mol. The van der Waals surface area contributed by atoms with E-state index in [1.165, 1.54) is 6.26 Å². The minimum atomic E-state index is -0.457. The molecule has 0 amide bonds. The first-order chi connectivity index (χ1) is 7.74. The van der Waals surface area contributed by atoms with Crippen molar-refractivity contribution < 1.29 is 18.7 Å². The Morgan fingerprint density at radius 3 is 3.06 bits per heavy atom. The Morgan fingerprint density at radius 1 is 1.69 bits per heavy atom. The number of carbonyl (C=O) groups excluding carboxylic acids is 1. The molecule has 1 aromatic rings. The largest absolute Gasteiger partial charge is 0.461 e. The smallest absolute Gasteiger partial charge is 0.360 e. The summed E-state index contributed by atoms with van der Waals surface area (Å²) in [5, 5.41) is 0. The van der Waals surface area contributed by atoms with Gasteiger partial charge in [0.2, 0.25) is 0 Å². The third-order valence-corrected chi connectivity index (χ3v) is 2.43. The lowest BCUT2D eigenvalue weighted by Gasteiger charge is -2.36. The SMILES string of the molecule is CCOC(=O)c1coc(N2CC(OC)C2)n1. The molecule has 1 aliphatic rings. The van der Waals surface area contributed by atoms with E-state index in [1.807, 2.05) is 4.90 Å². The predicted molar refractivity (Wildman–Crippen MR) is 55.5 cm³/mol. The van der Waals surface area contributed by atoms with E-state index in [9.17, 15) is 4.79 Å². The number of hydrogen-bond acceptors (Lipinski definition) is 6. The van der Waals surface area contributed by atoms with Gasteiger partial charge in [0.25, 0.3) is 6.01 Å². The number of methoxy groups -OCH3 is 1. The van der Waals surface area contributed by atoms with Crippen molar-refractivity contribution >= 4 is 12.0 Å². The average molecular weight is 226 g/mol. The average Bonchev–Trinajstić information content (AvgIpc) is 2.66. The molecule has 2 rings (SSSR count). The molecule has 6 nitrogen and oxygen atoms in total. The number of oxazole rings is 1. The Kier molecular flexibility index (Phi) is 3.09. The highest BCUT2D eigenvalue weighted by Crippen LogP contribution is 2.21. The fourth-order valence-electron chi connectivity index (χ4n) is 1.45. The van der Waals surface area contributed by atoms with Crippen LogP contribution in [0.25, 0.3) is 0 Å². The third-order valence-electron chi connectivity index (χ3n) is 2.43. The van der Waals surface area contributed by atoms with Gasteiger partial charge < -0.3 is 18.8 Å². The number of ether oxygens (including phenoxy) is 2. The lowest BCUT2D eigenvalue weighted by molar-refractivity contribution is 0.0519. The van der Waals surface area contributed by atoms with Crippen LogP contribution >= 0.6 is 0 Å². The van der Waals surface area contributed by atoms with Gasteiger partial charge in [-0.3, -0.25) is 0 Å². The molecule has 1 saturated heterocycles. The molecule has 0 aromatic carbocycles. The summed E-state index contributed by atoms with van der Waals surface area (Å²) in [5.41, 5.74) is 0.206. The predicted octanol–water partition coefficient (Wildman–Crippen LogP) is 0.686. The fourth-order valence-corrected chi connectivity index (χ4v) is 1.45. The quantitative estimate of drug-likeness (QED) is 0.704. The summed E-state index contributed by atoms with van der Waals surface area (Å²) >= 11 is 0. The van der Waals surface area contributed by atoms with Crippen LogP contribution in [0, 0.1) is 0 Å².